The number of aromatic nitrogens is 4. The van der Waals surface area contributed by atoms with E-state index in [0.29, 0.717) is 0 Å². The Labute approximate surface area is 188 Å². The van der Waals surface area contributed by atoms with Crippen molar-refractivity contribution in [1.29, 1.82) is 0 Å². The predicted molar refractivity (Wildman–Crippen MR) is 127 cm³/mol. The molecule has 2 heterocycles. The van der Waals surface area contributed by atoms with E-state index in [9.17, 15) is 0 Å². The average molecular weight is 430 g/mol. The molecule has 6 heteroatoms. The van der Waals surface area contributed by atoms with E-state index in [2.05, 4.69) is 87.2 Å². The molecule has 2 aromatic heterocycles. The van der Waals surface area contributed by atoms with Crippen molar-refractivity contribution in [2.24, 2.45) is 7.05 Å². The summed E-state index contributed by atoms with van der Waals surface area (Å²) in [5.74, 6) is 1.83. The molecule has 0 aliphatic heterocycles. The lowest BCUT2D eigenvalue weighted by atomic mass is 9.99. The third-order valence-corrected chi connectivity index (χ3v) is 6.41. The maximum absolute atomic E-state index is 4.41. The minimum Gasteiger partial charge on any atom is -0.308 e. The second-order valence-corrected chi connectivity index (χ2v) is 8.73. The standard InChI is InChI=1S/C25H27N5S/c1-19-6-4-5-7-23(19)22-10-8-20(9-11-22)16-29(2)17-24-27-28-25(30(24)3)31-18-21-12-14-26-15-13-21/h4-15H,16-18H2,1-3H3. The Balaban J connectivity index is 1.35. The molecule has 31 heavy (non-hydrogen) atoms. The van der Waals surface area contributed by atoms with Crippen molar-refractivity contribution in [3.05, 3.63) is 95.6 Å². The fourth-order valence-electron chi connectivity index (χ4n) is 3.53. The van der Waals surface area contributed by atoms with E-state index in [0.717, 1.165) is 29.8 Å². The Morgan fingerprint density at radius 2 is 1.61 bits per heavy atom. The molecule has 0 aliphatic rings. The highest BCUT2D eigenvalue weighted by atomic mass is 32.2. The third-order valence-electron chi connectivity index (χ3n) is 5.32. The summed E-state index contributed by atoms with van der Waals surface area (Å²) in [6.45, 7) is 3.76. The fourth-order valence-corrected chi connectivity index (χ4v) is 4.42. The molecule has 0 unspecified atom stereocenters. The quantitative estimate of drug-likeness (QED) is 0.364. The summed E-state index contributed by atoms with van der Waals surface area (Å²) < 4.78 is 2.09. The molecule has 0 amide bonds. The van der Waals surface area contributed by atoms with Crippen LogP contribution in [-0.2, 0) is 25.9 Å². The number of hydrogen-bond acceptors (Lipinski definition) is 5. The van der Waals surface area contributed by atoms with E-state index in [1.165, 1.54) is 27.8 Å². The zero-order valence-corrected chi connectivity index (χ0v) is 19.0. The molecule has 4 aromatic rings. The molecule has 0 fully saturated rings. The van der Waals surface area contributed by atoms with Gasteiger partial charge in [-0.3, -0.25) is 9.88 Å². The van der Waals surface area contributed by atoms with E-state index in [4.69, 9.17) is 0 Å². The molecule has 0 radical (unpaired) electrons. The number of aryl methyl sites for hydroxylation is 1. The lowest BCUT2D eigenvalue weighted by Gasteiger charge is -2.16. The topological polar surface area (TPSA) is 46.8 Å². The molecular formula is C25H27N5S. The van der Waals surface area contributed by atoms with Crippen molar-refractivity contribution < 1.29 is 0 Å². The summed E-state index contributed by atoms with van der Waals surface area (Å²) in [6.07, 6.45) is 3.64. The summed E-state index contributed by atoms with van der Waals surface area (Å²) in [5.41, 5.74) is 6.37. The molecule has 0 atom stereocenters. The van der Waals surface area contributed by atoms with Crippen molar-refractivity contribution in [2.75, 3.05) is 7.05 Å². The Kier molecular flexibility index (Phi) is 6.79. The second kappa shape index (κ2) is 9.90. The number of hydrogen-bond donors (Lipinski definition) is 0. The van der Waals surface area contributed by atoms with Crippen molar-refractivity contribution >= 4 is 11.8 Å². The van der Waals surface area contributed by atoms with Crippen LogP contribution in [0.15, 0.2) is 78.2 Å². The highest BCUT2D eigenvalue weighted by Gasteiger charge is 2.12. The van der Waals surface area contributed by atoms with Crippen molar-refractivity contribution in [3.63, 3.8) is 0 Å². The van der Waals surface area contributed by atoms with Gasteiger partial charge in [0.1, 0.15) is 5.82 Å². The first-order chi connectivity index (χ1) is 15.1. The summed E-state index contributed by atoms with van der Waals surface area (Å²) >= 11 is 1.70. The van der Waals surface area contributed by atoms with Gasteiger partial charge in [-0.15, -0.1) is 10.2 Å². The van der Waals surface area contributed by atoms with Gasteiger partial charge in [-0.2, -0.15) is 0 Å². The molecule has 0 saturated carbocycles. The van der Waals surface area contributed by atoms with Gasteiger partial charge < -0.3 is 4.57 Å². The molecule has 0 bridgehead atoms. The van der Waals surface area contributed by atoms with Crippen LogP contribution in [0.4, 0.5) is 0 Å². The fraction of sp³-hybridized carbons (Fsp3) is 0.240. The van der Waals surface area contributed by atoms with Crippen LogP contribution in [0.25, 0.3) is 11.1 Å². The largest absolute Gasteiger partial charge is 0.308 e. The molecule has 0 aliphatic carbocycles. The SMILES string of the molecule is Cc1ccccc1-c1ccc(CN(C)Cc2nnc(SCc3ccncc3)n2C)cc1. The second-order valence-electron chi connectivity index (χ2n) is 7.79. The van der Waals surface area contributed by atoms with Crippen molar-refractivity contribution in [3.8, 4) is 11.1 Å². The van der Waals surface area contributed by atoms with Gasteiger partial charge in [-0.25, -0.2) is 0 Å². The smallest absolute Gasteiger partial charge is 0.191 e. The molecule has 158 valence electrons. The van der Waals surface area contributed by atoms with Gasteiger partial charge in [-0.1, -0.05) is 60.3 Å². The van der Waals surface area contributed by atoms with Crippen LogP contribution in [0.2, 0.25) is 0 Å². The summed E-state index contributed by atoms with van der Waals surface area (Å²) in [4.78, 5) is 6.33. The summed E-state index contributed by atoms with van der Waals surface area (Å²) in [6, 6.07) is 21.4. The van der Waals surface area contributed by atoms with Gasteiger partial charge in [0, 0.05) is 31.7 Å². The Bertz CT molecular complexity index is 1120. The molecule has 4 rings (SSSR count). The molecule has 5 nitrogen and oxygen atoms in total. The number of thioether (sulfide) groups is 1. The van der Waals surface area contributed by atoms with E-state index in [1.54, 1.807) is 11.8 Å². The number of nitrogens with zero attached hydrogens (tertiary/aromatic N) is 5. The molecule has 0 N–H and O–H groups in total. The number of pyridine rings is 1. The normalized spacial score (nSPS) is 11.2. The van der Waals surface area contributed by atoms with Crippen LogP contribution in [-0.4, -0.2) is 31.7 Å². The van der Waals surface area contributed by atoms with Gasteiger partial charge >= 0.3 is 0 Å². The van der Waals surface area contributed by atoms with Gasteiger partial charge in [-0.05, 0) is 53.9 Å². The zero-order valence-electron chi connectivity index (χ0n) is 18.2. The number of rotatable bonds is 8. The predicted octanol–water partition coefficient (Wildman–Crippen LogP) is 5.11. The van der Waals surface area contributed by atoms with Crippen LogP contribution < -0.4 is 0 Å². The Morgan fingerprint density at radius 1 is 0.871 bits per heavy atom. The van der Waals surface area contributed by atoms with Crippen molar-refractivity contribution in [1.82, 2.24) is 24.6 Å². The molecule has 0 saturated heterocycles. The first kappa shape index (κ1) is 21.3. The molecule has 0 spiro atoms. The highest BCUT2D eigenvalue weighted by molar-refractivity contribution is 7.98. The van der Waals surface area contributed by atoms with Crippen LogP contribution in [0.1, 0.15) is 22.5 Å². The highest BCUT2D eigenvalue weighted by Crippen LogP contribution is 2.24. The van der Waals surface area contributed by atoms with Crippen molar-refractivity contribution in [2.45, 2.75) is 30.9 Å². The third kappa shape index (κ3) is 5.40. The van der Waals surface area contributed by atoms with Gasteiger partial charge in [0.2, 0.25) is 0 Å². The van der Waals surface area contributed by atoms with Crippen LogP contribution in [0.3, 0.4) is 0 Å². The van der Waals surface area contributed by atoms with E-state index in [1.807, 2.05) is 31.6 Å². The van der Waals surface area contributed by atoms with Gasteiger partial charge in [0.15, 0.2) is 5.16 Å². The van der Waals surface area contributed by atoms with Gasteiger partial charge in [0.25, 0.3) is 0 Å². The minimum absolute atomic E-state index is 0.749. The maximum Gasteiger partial charge on any atom is 0.191 e. The minimum atomic E-state index is 0.749. The van der Waals surface area contributed by atoms with Crippen LogP contribution >= 0.6 is 11.8 Å². The first-order valence-corrected chi connectivity index (χ1v) is 11.3. The zero-order chi connectivity index (χ0) is 21.6. The van der Waals surface area contributed by atoms with E-state index < -0.39 is 0 Å². The molecule has 2 aromatic carbocycles. The van der Waals surface area contributed by atoms with Gasteiger partial charge in [0.05, 0.1) is 6.54 Å². The maximum atomic E-state index is 4.41. The van der Waals surface area contributed by atoms with Crippen LogP contribution in [0, 0.1) is 6.92 Å². The summed E-state index contributed by atoms with van der Waals surface area (Å²) in [5, 5.41) is 9.72. The monoisotopic (exact) mass is 429 g/mol. The number of benzene rings is 2. The summed E-state index contributed by atoms with van der Waals surface area (Å²) in [7, 11) is 4.16. The first-order valence-electron chi connectivity index (χ1n) is 10.3. The van der Waals surface area contributed by atoms with E-state index in [-0.39, 0.29) is 0 Å². The Morgan fingerprint density at radius 3 is 2.35 bits per heavy atom. The van der Waals surface area contributed by atoms with Crippen LogP contribution in [0.5, 0.6) is 0 Å². The average Bonchev–Trinajstić information content (AvgIpc) is 3.13. The molecular weight excluding hydrogens is 402 g/mol. The lowest BCUT2D eigenvalue weighted by Crippen LogP contribution is -2.19. The Hall–Kier alpha value is -2.96. The van der Waals surface area contributed by atoms with E-state index >= 15 is 0 Å². The lowest BCUT2D eigenvalue weighted by molar-refractivity contribution is 0.306.